The van der Waals surface area contributed by atoms with E-state index >= 15 is 0 Å². The third-order valence-corrected chi connectivity index (χ3v) is 5.17. The lowest BCUT2D eigenvalue weighted by Gasteiger charge is -2.13. The number of hydrogen-bond donors (Lipinski definition) is 1. The van der Waals surface area contributed by atoms with Crippen LogP contribution in [0.25, 0.3) is 33.3 Å². The second-order valence-corrected chi connectivity index (χ2v) is 7.14. The van der Waals surface area contributed by atoms with Crippen LogP contribution in [0.2, 0.25) is 10.2 Å². The molecule has 0 aliphatic rings. The van der Waals surface area contributed by atoms with E-state index in [9.17, 15) is 9.90 Å². The molecule has 0 fully saturated rings. The average molecular weight is 409 g/mol. The molecule has 0 spiro atoms. The average Bonchev–Trinajstić information content (AvgIpc) is 2.68. The van der Waals surface area contributed by atoms with Gasteiger partial charge in [-0.25, -0.2) is 14.8 Å². The van der Waals surface area contributed by atoms with E-state index in [1.807, 2.05) is 36.4 Å². The summed E-state index contributed by atoms with van der Waals surface area (Å²) in [6.45, 7) is 1.76. The van der Waals surface area contributed by atoms with Gasteiger partial charge in [-0.15, -0.1) is 0 Å². The first-order chi connectivity index (χ1) is 13.5. The second-order valence-electron chi connectivity index (χ2n) is 6.35. The molecule has 2 aromatic heterocycles. The number of pyridine rings is 2. The topological polar surface area (TPSA) is 63.1 Å². The van der Waals surface area contributed by atoms with Crippen molar-refractivity contribution in [3.63, 3.8) is 0 Å². The smallest absolute Gasteiger partial charge is 0.336 e. The van der Waals surface area contributed by atoms with E-state index in [4.69, 9.17) is 23.2 Å². The number of rotatable bonds is 3. The molecule has 2 heterocycles. The summed E-state index contributed by atoms with van der Waals surface area (Å²) in [5.74, 6) is -1.01. The zero-order valence-corrected chi connectivity index (χ0v) is 16.3. The molecule has 138 valence electrons. The Bertz CT molecular complexity index is 1220. The highest BCUT2D eigenvalue weighted by atomic mass is 35.5. The van der Waals surface area contributed by atoms with Crippen molar-refractivity contribution in [2.75, 3.05) is 0 Å². The Hall–Kier alpha value is -2.95. The highest BCUT2D eigenvalue weighted by molar-refractivity contribution is 6.32. The van der Waals surface area contributed by atoms with E-state index < -0.39 is 5.97 Å². The highest BCUT2D eigenvalue weighted by Crippen LogP contribution is 2.33. The lowest BCUT2D eigenvalue weighted by Crippen LogP contribution is -2.05. The lowest BCUT2D eigenvalue weighted by atomic mass is 9.96. The van der Waals surface area contributed by atoms with E-state index in [1.165, 1.54) is 0 Å². The molecule has 0 unspecified atom stereocenters. The molecular formula is C22H14Cl2N2O2. The van der Waals surface area contributed by atoms with Gasteiger partial charge in [-0.05, 0) is 48.4 Å². The first-order valence-electron chi connectivity index (χ1n) is 8.50. The summed E-state index contributed by atoms with van der Waals surface area (Å²) in [6, 6.07) is 16.5. The van der Waals surface area contributed by atoms with Crippen LogP contribution < -0.4 is 0 Å². The quantitative estimate of drug-likeness (QED) is 0.405. The van der Waals surface area contributed by atoms with Gasteiger partial charge in [-0.1, -0.05) is 47.5 Å². The fraction of sp³-hybridized carbons (Fsp3) is 0.0455. The number of hydrogen-bond acceptors (Lipinski definition) is 3. The molecule has 4 nitrogen and oxygen atoms in total. The lowest BCUT2D eigenvalue weighted by molar-refractivity contribution is 0.0698. The van der Waals surface area contributed by atoms with Crippen molar-refractivity contribution in [1.29, 1.82) is 0 Å². The van der Waals surface area contributed by atoms with Gasteiger partial charge in [0.25, 0.3) is 0 Å². The summed E-state index contributed by atoms with van der Waals surface area (Å²) in [5.41, 5.74) is 4.58. The van der Waals surface area contributed by atoms with Crippen LogP contribution in [0.1, 0.15) is 15.9 Å². The van der Waals surface area contributed by atoms with Crippen LogP contribution in [0, 0.1) is 6.92 Å². The first kappa shape index (κ1) is 18.4. The van der Waals surface area contributed by atoms with E-state index in [0.29, 0.717) is 32.3 Å². The Morgan fingerprint density at radius 1 is 1.00 bits per heavy atom. The molecular weight excluding hydrogens is 395 g/mol. The Kier molecular flexibility index (Phi) is 4.75. The van der Waals surface area contributed by atoms with Crippen LogP contribution in [0.5, 0.6) is 0 Å². The summed E-state index contributed by atoms with van der Waals surface area (Å²) in [7, 11) is 0. The molecule has 28 heavy (non-hydrogen) atoms. The number of carbonyl (C=O) groups is 1. The first-order valence-corrected chi connectivity index (χ1v) is 9.26. The minimum atomic E-state index is -1.01. The standard InChI is InChI=1S/C22H14Cl2N2O2/c1-12-19(22(27)28)17-11-15(23)8-9-18(17)26-20(12)14-6-4-13(5-7-14)16-3-2-10-25-21(16)24/h2-11H,1H3,(H,27,28). The van der Waals surface area contributed by atoms with E-state index in [1.54, 1.807) is 31.3 Å². The van der Waals surface area contributed by atoms with Crippen molar-refractivity contribution in [2.24, 2.45) is 0 Å². The second kappa shape index (κ2) is 7.23. The zero-order valence-electron chi connectivity index (χ0n) is 14.8. The highest BCUT2D eigenvalue weighted by Gasteiger charge is 2.18. The summed E-state index contributed by atoms with van der Waals surface area (Å²) >= 11 is 12.2. The zero-order chi connectivity index (χ0) is 19.8. The number of aromatic carboxylic acids is 1. The number of nitrogens with zero attached hydrogens (tertiary/aromatic N) is 2. The van der Waals surface area contributed by atoms with Crippen molar-refractivity contribution in [3.8, 4) is 22.4 Å². The number of carboxylic acids is 1. The van der Waals surface area contributed by atoms with Gasteiger partial charge in [0, 0.05) is 27.7 Å². The molecule has 2 aromatic carbocycles. The van der Waals surface area contributed by atoms with Gasteiger partial charge in [0.15, 0.2) is 0 Å². The third-order valence-electron chi connectivity index (χ3n) is 4.63. The van der Waals surface area contributed by atoms with Gasteiger partial charge in [0.2, 0.25) is 0 Å². The van der Waals surface area contributed by atoms with Gasteiger partial charge in [0.05, 0.1) is 16.8 Å². The van der Waals surface area contributed by atoms with E-state index in [2.05, 4.69) is 9.97 Å². The van der Waals surface area contributed by atoms with E-state index in [-0.39, 0.29) is 5.56 Å². The summed E-state index contributed by atoms with van der Waals surface area (Å²) in [6.07, 6.45) is 1.64. The Balaban J connectivity index is 1.88. The molecule has 0 saturated carbocycles. The Morgan fingerprint density at radius 3 is 2.39 bits per heavy atom. The minimum absolute atomic E-state index is 0.210. The number of benzene rings is 2. The Morgan fingerprint density at radius 2 is 1.71 bits per heavy atom. The molecule has 0 aliphatic heterocycles. The van der Waals surface area contributed by atoms with Crippen molar-refractivity contribution in [3.05, 3.63) is 82.1 Å². The molecule has 6 heteroatoms. The van der Waals surface area contributed by atoms with E-state index in [0.717, 1.165) is 16.7 Å². The number of aromatic nitrogens is 2. The van der Waals surface area contributed by atoms with Crippen LogP contribution >= 0.6 is 23.2 Å². The number of fused-ring (bicyclic) bond motifs is 1. The monoisotopic (exact) mass is 408 g/mol. The maximum atomic E-state index is 11.9. The van der Waals surface area contributed by atoms with Gasteiger partial charge < -0.3 is 5.11 Å². The largest absolute Gasteiger partial charge is 0.478 e. The molecule has 0 aliphatic carbocycles. The fourth-order valence-electron chi connectivity index (χ4n) is 3.30. The Labute approximate surface area is 171 Å². The summed E-state index contributed by atoms with van der Waals surface area (Å²) < 4.78 is 0. The molecule has 0 atom stereocenters. The van der Waals surface area contributed by atoms with Crippen molar-refractivity contribution < 1.29 is 9.90 Å². The minimum Gasteiger partial charge on any atom is -0.478 e. The summed E-state index contributed by atoms with van der Waals surface area (Å²) in [4.78, 5) is 20.7. The number of halogens is 2. The molecule has 0 saturated heterocycles. The predicted molar refractivity (Wildman–Crippen MR) is 112 cm³/mol. The molecule has 4 rings (SSSR count). The van der Waals surface area contributed by atoms with Crippen LogP contribution in [-0.2, 0) is 0 Å². The van der Waals surface area contributed by atoms with Crippen LogP contribution in [-0.4, -0.2) is 21.0 Å². The van der Waals surface area contributed by atoms with Crippen molar-refractivity contribution >= 4 is 40.1 Å². The summed E-state index contributed by atoms with van der Waals surface area (Å²) in [5, 5.41) is 11.2. The van der Waals surface area contributed by atoms with Crippen molar-refractivity contribution in [2.45, 2.75) is 6.92 Å². The third kappa shape index (κ3) is 3.21. The molecule has 0 amide bonds. The van der Waals surface area contributed by atoms with Crippen LogP contribution in [0.4, 0.5) is 0 Å². The molecule has 0 bridgehead atoms. The maximum absolute atomic E-state index is 11.9. The van der Waals surface area contributed by atoms with Gasteiger partial charge in [-0.3, -0.25) is 0 Å². The maximum Gasteiger partial charge on any atom is 0.336 e. The van der Waals surface area contributed by atoms with Crippen LogP contribution in [0.3, 0.4) is 0 Å². The molecule has 1 N–H and O–H groups in total. The SMILES string of the molecule is Cc1c(-c2ccc(-c3cccnc3Cl)cc2)nc2ccc(Cl)cc2c1C(=O)O. The molecule has 4 aromatic rings. The molecule has 0 radical (unpaired) electrons. The fourth-order valence-corrected chi connectivity index (χ4v) is 3.70. The predicted octanol–water partition coefficient (Wildman–Crippen LogP) is 6.28. The van der Waals surface area contributed by atoms with Crippen molar-refractivity contribution in [1.82, 2.24) is 9.97 Å². The van der Waals surface area contributed by atoms with Gasteiger partial charge >= 0.3 is 5.97 Å². The van der Waals surface area contributed by atoms with Crippen LogP contribution in [0.15, 0.2) is 60.8 Å². The normalized spacial score (nSPS) is 11.0. The van der Waals surface area contributed by atoms with Gasteiger partial charge in [-0.2, -0.15) is 0 Å². The number of carboxylic acid groups (broad SMARTS) is 1. The van der Waals surface area contributed by atoms with Gasteiger partial charge in [0.1, 0.15) is 5.15 Å².